The summed E-state index contributed by atoms with van der Waals surface area (Å²) in [6.45, 7) is 2.34. The van der Waals surface area contributed by atoms with Crippen LogP contribution in [0.1, 0.15) is 5.82 Å². The maximum Gasteiger partial charge on any atom is 0.128 e. The number of aromatic nitrogens is 2. The molecule has 3 rings (SSSR count). The van der Waals surface area contributed by atoms with Crippen LogP contribution >= 0.6 is 0 Å². The molecule has 17 heavy (non-hydrogen) atoms. The third-order valence-corrected chi connectivity index (χ3v) is 3.08. The topological polar surface area (TPSA) is 47.1 Å². The summed E-state index contributed by atoms with van der Waals surface area (Å²) in [5.41, 5.74) is 7.23. The predicted molar refractivity (Wildman–Crippen MR) is 64.1 cm³/mol. The lowest BCUT2D eigenvalue weighted by atomic mass is 10.2. The molecule has 0 saturated heterocycles. The molecular formula is C12H13FN4. The van der Waals surface area contributed by atoms with E-state index in [1.165, 1.54) is 12.1 Å². The van der Waals surface area contributed by atoms with Crippen molar-refractivity contribution in [1.82, 2.24) is 9.55 Å². The summed E-state index contributed by atoms with van der Waals surface area (Å²) in [5.74, 6) is 0.725. The fraction of sp³-hybridized carbons (Fsp3) is 0.250. The number of hydrogen-bond acceptors (Lipinski definition) is 3. The van der Waals surface area contributed by atoms with Gasteiger partial charge in [0.1, 0.15) is 11.6 Å². The summed E-state index contributed by atoms with van der Waals surface area (Å²) in [6, 6.07) is 4.46. The summed E-state index contributed by atoms with van der Waals surface area (Å²) < 4.78 is 15.3. The van der Waals surface area contributed by atoms with E-state index in [-0.39, 0.29) is 5.82 Å². The smallest absolute Gasteiger partial charge is 0.128 e. The van der Waals surface area contributed by atoms with Crippen LogP contribution in [0.15, 0.2) is 30.6 Å². The fourth-order valence-electron chi connectivity index (χ4n) is 2.17. The van der Waals surface area contributed by atoms with Gasteiger partial charge in [0.15, 0.2) is 0 Å². The quantitative estimate of drug-likeness (QED) is 0.760. The van der Waals surface area contributed by atoms with Gasteiger partial charge < -0.3 is 15.2 Å². The molecule has 0 atom stereocenters. The SMILES string of the molecule is Nc1ccc(F)cc1N1CCn2ccnc2C1. The lowest BCUT2D eigenvalue weighted by molar-refractivity contribution is 0.558. The van der Waals surface area contributed by atoms with Crippen molar-refractivity contribution >= 4 is 11.4 Å². The van der Waals surface area contributed by atoms with Crippen molar-refractivity contribution in [1.29, 1.82) is 0 Å². The Morgan fingerprint density at radius 1 is 1.29 bits per heavy atom. The minimum absolute atomic E-state index is 0.261. The first-order valence-corrected chi connectivity index (χ1v) is 5.54. The maximum atomic E-state index is 13.2. The molecule has 2 heterocycles. The Hall–Kier alpha value is -2.04. The van der Waals surface area contributed by atoms with Crippen LogP contribution in [-0.4, -0.2) is 16.1 Å². The van der Waals surface area contributed by atoms with E-state index in [2.05, 4.69) is 14.5 Å². The van der Waals surface area contributed by atoms with Gasteiger partial charge in [-0.2, -0.15) is 0 Å². The van der Waals surface area contributed by atoms with E-state index < -0.39 is 0 Å². The third-order valence-electron chi connectivity index (χ3n) is 3.08. The summed E-state index contributed by atoms with van der Waals surface area (Å²) in [4.78, 5) is 6.33. The highest BCUT2D eigenvalue weighted by atomic mass is 19.1. The molecule has 0 amide bonds. The molecule has 5 heteroatoms. The molecule has 0 fully saturated rings. The monoisotopic (exact) mass is 232 g/mol. The molecule has 1 aliphatic heterocycles. The number of fused-ring (bicyclic) bond motifs is 1. The van der Waals surface area contributed by atoms with Crippen molar-refractivity contribution < 1.29 is 4.39 Å². The van der Waals surface area contributed by atoms with Crippen LogP contribution in [0.3, 0.4) is 0 Å². The van der Waals surface area contributed by atoms with E-state index in [0.717, 1.165) is 24.6 Å². The van der Waals surface area contributed by atoms with E-state index in [0.29, 0.717) is 12.2 Å². The minimum Gasteiger partial charge on any atom is -0.397 e. The number of halogens is 1. The highest BCUT2D eigenvalue weighted by Gasteiger charge is 2.18. The number of benzene rings is 1. The first-order valence-electron chi connectivity index (χ1n) is 5.54. The van der Waals surface area contributed by atoms with Crippen molar-refractivity contribution in [2.24, 2.45) is 0 Å². The number of rotatable bonds is 1. The van der Waals surface area contributed by atoms with Crippen LogP contribution in [0.2, 0.25) is 0 Å². The van der Waals surface area contributed by atoms with Crippen LogP contribution < -0.4 is 10.6 Å². The molecular weight excluding hydrogens is 219 g/mol. The largest absolute Gasteiger partial charge is 0.397 e. The number of hydrogen-bond donors (Lipinski definition) is 1. The van der Waals surface area contributed by atoms with Gasteiger partial charge in [0.25, 0.3) is 0 Å². The van der Waals surface area contributed by atoms with E-state index in [4.69, 9.17) is 5.73 Å². The lowest BCUT2D eigenvalue weighted by Gasteiger charge is -2.30. The Morgan fingerprint density at radius 2 is 2.18 bits per heavy atom. The summed E-state index contributed by atoms with van der Waals surface area (Å²) in [5, 5.41) is 0. The lowest BCUT2D eigenvalue weighted by Crippen LogP contribution is -2.34. The molecule has 0 radical (unpaired) electrons. The van der Waals surface area contributed by atoms with Crippen molar-refractivity contribution in [2.45, 2.75) is 13.1 Å². The van der Waals surface area contributed by atoms with Crippen molar-refractivity contribution in [3.8, 4) is 0 Å². The van der Waals surface area contributed by atoms with Gasteiger partial charge in [-0.3, -0.25) is 0 Å². The normalized spacial score (nSPS) is 14.8. The van der Waals surface area contributed by atoms with Crippen molar-refractivity contribution in [2.75, 3.05) is 17.2 Å². The van der Waals surface area contributed by atoms with Gasteiger partial charge in [-0.1, -0.05) is 0 Å². The molecule has 88 valence electrons. The Balaban J connectivity index is 1.94. The van der Waals surface area contributed by atoms with Gasteiger partial charge in [0, 0.05) is 25.5 Å². The number of imidazole rings is 1. The van der Waals surface area contributed by atoms with Crippen LogP contribution in [0.5, 0.6) is 0 Å². The highest BCUT2D eigenvalue weighted by molar-refractivity contribution is 5.67. The number of anilines is 2. The van der Waals surface area contributed by atoms with Crippen LogP contribution in [-0.2, 0) is 13.1 Å². The zero-order chi connectivity index (χ0) is 11.8. The molecule has 0 saturated carbocycles. The van der Waals surface area contributed by atoms with E-state index >= 15 is 0 Å². The summed E-state index contributed by atoms with van der Waals surface area (Å²) >= 11 is 0. The van der Waals surface area contributed by atoms with Gasteiger partial charge in [-0.15, -0.1) is 0 Å². The predicted octanol–water partition coefficient (Wildman–Crippen LogP) is 1.62. The molecule has 1 aliphatic rings. The van der Waals surface area contributed by atoms with E-state index in [9.17, 15) is 4.39 Å². The maximum absolute atomic E-state index is 13.2. The van der Waals surface area contributed by atoms with Crippen molar-refractivity contribution in [3.05, 3.63) is 42.2 Å². The summed E-state index contributed by atoms with van der Waals surface area (Å²) in [6.07, 6.45) is 3.75. The standard InChI is InChI=1S/C12H13FN4/c13-9-1-2-10(14)11(7-9)17-6-5-16-4-3-15-12(16)8-17/h1-4,7H,5-6,8,14H2. The Bertz CT molecular complexity index is 549. The van der Waals surface area contributed by atoms with E-state index in [1.54, 1.807) is 12.3 Å². The summed E-state index contributed by atoms with van der Waals surface area (Å²) in [7, 11) is 0. The highest BCUT2D eigenvalue weighted by Crippen LogP contribution is 2.27. The van der Waals surface area contributed by atoms with Gasteiger partial charge in [-0.05, 0) is 18.2 Å². The third kappa shape index (κ3) is 1.73. The first kappa shape index (κ1) is 10.1. The number of nitrogens with two attached hydrogens (primary N) is 1. The van der Waals surface area contributed by atoms with Crippen LogP contribution in [0, 0.1) is 5.82 Å². The first-order chi connectivity index (χ1) is 8.24. The van der Waals surface area contributed by atoms with Gasteiger partial charge >= 0.3 is 0 Å². The second kappa shape index (κ2) is 3.76. The second-order valence-corrected chi connectivity index (χ2v) is 4.16. The Kier molecular flexibility index (Phi) is 2.24. The number of nitrogen functional groups attached to an aromatic ring is 1. The molecule has 2 aromatic rings. The molecule has 4 nitrogen and oxygen atoms in total. The van der Waals surface area contributed by atoms with Gasteiger partial charge in [0.2, 0.25) is 0 Å². The average molecular weight is 232 g/mol. The van der Waals surface area contributed by atoms with Gasteiger partial charge in [-0.25, -0.2) is 9.37 Å². The van der Waals surface area contributed by atoms with Gasteiger partial charge in [0.05, 0.1) is 17.9 Å². The minimum atomic E-state index is -0.261. The molecule has 0 spiro atoms. The number of nitrogens with zero attached hydrogens (tertiary/aromatic N) is 3. The van der Waals surface area contributed by atoms with Crippen LogP contribution in [0.25, 0.3) is 0 Å². The molecule has 1 aromatic carbocycles. The average Bonchev–Trinajstić information content (AvgIpc) is 2.79. The zero-order valence-corrected chi connectivity index (χ0v) is 9.31. The second-order valence-electron chi connectivity index (χ2n) is 4.16. The Morgan fingerprint density at radius 3 is 3.06 bits per heavy atom. The Labute approximate surface area is 98.5 Å². The zero-order valence-electron chi connectivity index (χ0n) is 9.31. The molecule has 0 unspecified atom stereocenters. The fourth-order valence-corrected chi connectivity index (χ4v) is 2.17. The van der Waals surface area contributed by atoms with Crippen molar-refractivity contribution in [3.63, 3.8) is 0 Å². The molecule has 0 aliphatic carbocycles. The molecule has 2 N–H and O–H groups in total. The van der Waals surface area contributed by atoms with Crippen LogP contribution in [0.4, 0.5) is 15.8 Å². The molecule has 1 aromatic heterocycles. The molecule has 0 bridgehead atoms. The van der Waals surface area contributed by atoms with E-state index in [1.807, 2.05) is 6.20 Å².